The zero-order valence-electron chi connectivity index (χ0n) is 9.28. The van der Waals surface area contributed by atoms with Crippen molar-refractivity contribution in [3.8, 4) is 0 Å². The lowest BCUT2D eigenvalue weighted by Crippen LogP contribution is -2.44. The maximum Gasteiger partial charge on any atom is 0.0956 e. The number of thiophene rings is 1. The molecule has 2 aliphatic rings. The monoisotopic (exact) mass is 239 g/mol. The van der Waals surface area contributed by atoms with Crippen LogP contribution in [0.25, 0.3) is 0 Å². The highest BCUT2D eigenvalue weighted by Crippen LogP contribution is 2.34. The van der Waals surface area contributed by atoms with Crippen LogP contribution in [0.4, 0.5) is 5.69 Å². The second-order valence-corrected chi connectivity index (χ2v) is 5.46. The lowest BCUT2D eigenvalue weighted by Gasteiger charge is -2.37. The van der Waals surface area contributed by atoms with Gasteiger partial charge < -0.3 is 14.8 Å². The van der Waals surface area contributed by atoms with Gasteiger partial charge >= 0.3 is 0 Å². The minimum absolute atomic E-state index is 0.00589. The summed E-state index contributed by atoms with van der Waals surface area (Å²) in [6, 6.07) is 2.67. The number of rotatable bonds is 2. The van der Waals surface area contributed by atoms with Gasteiger partial charge in [0.2, 0.25) is 0 Å². The fraction of sp³-hybridized carbons (Fsp3) is 0.667. The summed E-state index contributed by atoms with van der Waals surface area (Å²) < 4.78 is 11.4. The van der Waals surface area contributed by atoms with E-state index in [1.54, 1.807) is 11.3 Å². The molecular weight excluding hydrogens is 222 g/mol. The van der Waals surface area contributed by atoms with Crippen LogP contribution in [0.15, 0.2) is 16.8 Å². The van der Waals surface area contributed by atoms with E-state index in [9.17, 15) is 0 Å². The molecule has 1 aromatic rings. The van der Waals surface area contributed by atoms with Crippen LogP contribution in [0.1, 0.15) is 19.3 Å². The van der Waals surface area contributed by atoms with Crippen LogP contribution in [0.5, 0.6) is 0 Å². The van der Waals surface area contributed by atoms with Crippen molar-refractivity contribution in [1.82, 2.24) is 0 Å². The third kappa shape index (κ3) is 2.10. The van der Waals surface area contributed by atoms with Gasteiger partial charge in [0.05, 0.1) is 12.2 Å². The highest BCUT2D eigenvalue weighted by Gasteiger charge is 2.40. The first-order valence-corrected chi connectivity index (χ1v) is 6.81. The Morgan fingerprint density at radius 2 is 2.44 bits per heavy atom. The summed E-state index contributed by atoms with van der Waals surface area (Å²) in [5, 5.41) is 7.85. The predicted molar refractivity (Wildman–Crippen MR) is 65.1 cm³/mol. The average molecular weight is 239 g/mol. The van der Waals surface area contributed by atoms with Crippen molar-refractivity contribution in [2.45, 2.75) is 30.9 Å². The van der Waals surface area contributed by atoms with Gasteiger partial charge in [-0.25, -0.2) is 0 Å². The van der Waals surface area contributed by atoms with Crippen molar-refractivity contribution in [3.05, 3.63) is 16.8 Å². The van der Waals surface area contributed by atoms with Gasteiger partial charge in [0.15, 0.2) is 0 Å². The maximum absolute atomic E-state index is 5.91. The molecule has 88 valence electrons. The molecule has 16 heavy (non-hydrogen) atoms. The molecule has 2 fully saturated rings. The summed E-state index contributed by atoms with van der Waals surface area (Å²) in [5.74, 6) is 0. The minimum atomic E-state index is 0.00589. The SMILES string of the molecule is c1cc(NC2CCOC3(CCOC3)C2)cs1. The number of hydrogen-bond donors (Lipinski definition) is 1. The molecule has 1 aromatic heterocycles. The standard InChI is InChI=1S/C12H17NO2S/c1-4-15-12(3-5-14-9-12)7-10(1)13-11-2-6-16-8-11/h2,6,8,10,13H,1,3-5,7,9H2. The predicted octanol–water partition coefficient (Wildman–Crippen LogP) is 2.50. The first-order valence-electron chi connectivity index (χ1n) is 5.87. The first kappa shape index (κ1) is 10.6. The van der Waals surface area contributed by atoms with Crippen LogP contribution in [0.2, 0.25) is 0 Å². The van der Waals surface area contributed by atoms with Crippen molar-refractivity contribution in [1.29, 1.82) is 0 Å². The molecule has 0 amide bonds. The Labute approximate surface area is 99.8 Å². The second-order valence-electron chi connectivity index (χ2n) is 4.68. The van der Waals surface area contributed by atoms with E-state index >= 15 is 0 Å². The van der Waals surface area contributed by atoms with E-state index in [4.69, 9.17) is 9.47 Å². The molecule has 3 heterocycles. The Hall–Kier alpha value is -0.580. The molecule has 0 aliphatic carbocycles. The third-order valence-electron chi connectivity index (χ3n) is 3.45. The van der Waals surface area contributed by atoms with Gasteiger partial charge in [-0.3, -0.25) is 0 Å². The van der Waals surface area contributed by atoms with E-state index in [1.807, 2.05) is 0 Å². The normalized spacial score (nSPS) is 34.4. The molecule has 2 atom stereocenters. The van der Waals surface area contributed by atoms with Gasteiger partial charge in [-0.15, -0.1) is 0 Å². The van der Waals surface area contributed by atoms with E-state index in [0.29, 0.717) is 6.04 Å². The van der Waals surface area contributed by atoms with E-state index < -0.39 is 0 Å². The van der Waals surface area contributed by atoms with Crippen molar-refractivity contribution >= 4 is 17.0 Å². The van der Waals surface area contributed by atoms with Crippen LogP contribution < -0.4 is 5.32 Å². The molecular formula is C12H17NO2S. The van der Waals surface area contributed by atoms with Crippen molar-refractivity contribution in [2.24, 2.45) is 0 Å². The smallest absolute Gasteiger partial charge is 0.0956 e. The molecule has 2 unspecified atom stereocenters. The molecule has 4 heteroatoms. The van der Waals surface area contributed by atoms with Crippen molar-refractivity contribution < 1.29 is 9.47 Å². The van der Waals surface area contributed by atoms with Gasteiger partial charge in [-0.05, 0) is 24.3 Å². The van der Waals surface area contributed by atoms with Crippen LogP contribution >= 0.6 is 11.3 Å². The molecule has 3 rings (SSSR count). The second kappa shape index (κ2) is 4.35. The summed E-state index contributed by atoms with van der Waals surface area (Å²) >= 11 is 1.73. The minimum Gasteiger partial charge on any atom is -0.381 e. The van der Waals surface area contributed by atoms with E-state index in [-0.39, 0.29) is 5.60 Å². The molecule has 2 saturated heterocycles. The van der Waals surface area contributed by atoms with Gasteiger partial charge in [0.25, 0.3) is 0 Å². The number of hydrogen-bond acceptors (Lipinski definition) is 4. The number of anilines is 1. The summed E-state index contributed by atoms with van der Waals surface area (Å²) in [6.07, 6.45) is 3.22. The van der Waals surface area contributed by atoms with E-state index in [2.05, 4.69) is 22.1 Å². The van der Waals surface area contributed by atoms with Crippen LogP contribution in [0, 0.1) is 0 Å². The zero-order valence-corrected chi connectivity index (χ0v) is 10.1. The van der Waals surface area contributed by atoms with Crippen LogP contribution in [-0.2, 0) is 9.47 Å². The quantitative estimate of drug-likeness (QED) is 0.860. The number of nitrogens with one attached hydrogen (secondary N) is 1. The summed E-state index contributed by atoms with van der Waals surface area (Å²) in [7, 11) is 0. The topological polar surface area (TPSA) is 30.5 Å². The fourth-order valence-electron chi connectivity index (χ4n) is 2.60. The first-order chi connectivity index (χ1) is 7.86. The molecule has 0 bridgehead atoms. The molecule has 0 aromatic carbocycles. The third-order valence-corrected chi connectivity index (χ3v) is 4.14. The van der Waals surface area contributed by atoms with Crippen molar-refractivity contribution in [2.75, 3.05) is 25.1 Å². The van der Waals surface area contributed by atoms with Gasteiger partial charge in [0.1, 0.15) is 0 Å². The fourth-order valence-corrected chi connectivity index (χ4v) is 3.19. The highest BCUT2D eigenvalue weighted by molar-refractivity contribution is 7.08. The van der Waals surface area contributed by atoms with E-state index in [1.165, 1.54) is 5.69 Å². The molecule has 1 N–H and O–H groups in total. The van der Waals surface area contributed by atoms with Gasteiger partial charge in [-0.1, -0.05) is 0 Å². The Kier molecular flexibility index (Phi) is 2.88. The average Bonchev–Trinajstić information content (AvgIpc) is 2.91. The molecule has 3 nitrogen and oxygen atoms in total. The lowest BCUT2D eigenvalue weighted by atomic mass is 9.89. The van der Waals surface area contributed by atoms with Gasteiger partial charge in [-0.2, -0.15) is 11.3 Å². The van der Waals surface area contributed by atoms with Crippen LogP contribution in [-0.4, -0.2) is 31.5 Å². The Morgan fingerprint density at radius 1 is 1.44 bits per heavy atom. The lowest BCUT2D eigenvalue weighted by molar-refractivity contribution is -0.0828. The molecule has 1 spiro atoms. The number of ether oxygens (including phenoxy) is 2. The Morgan fingerprint density at radius 3 is 3.19 bits per heavy atom. The Bertz CT molecular complexity index is 333. The summed E-state index contributed by atoms with van der Waals surface area (Å²) in [4.78, 5) is 0. The van der Waals surface area contributed by atoms with Crippen LogP contribution in [0.3, 0.4) is 0 Å². The largest absolute Gasteiger partial charge is 0.381 e. The van der Waals surface area contributed by atoms with Gasteiger partial charge in [0, 0.05) is 36.7 Å². The molecule has 2 aliphatic heterocycles. The van der Waals surface area contributed by atoms with E-state index in [0.717, 1.165) is 39.1 Å². The highest BCUT2D eigenvalue weighted by atomic mass is 32.1. The zero-order chi connectivity index (χ0) is 10.8. The summed E-state index contributed by atoms with van der Waals surface area (Å²) in [5.41, 5.74) is 1.25. The molecule has 0 radical (unpaired) electrons. The molecule has 0 saturated carbocycles. The Balaban J connectivity index is 1.63. The summed E-state index contributed by atoms with van der Waals surface area (Å²) in [6.45, 7) is 2.48. The van der Waals surface area contributed by atoms with Crippen molar-refractivity contribution in [3.63, 3.8) is 0 Å². The maximum atomic E-state index is 5.91.